The fourth-order valence-corrected chi connectivity index (χ4v) is 3.03. The molecule has 1 fully saturated rings. The number of rotatable bonds is 4. The van der Waals surface area contributed by atoms with Gasteiger partial charge < -0.3 is 19.7 Å². The summed E-state index contributed by atoms with van der Waals surface area (Å²) in [6.07, 6.45) is 4.08. The monoisotopic (exact) mass is 276 g/mol. The molecule has 2 aliphatic rings. The summed E-state index contributed by atoms with van der Waals surface area (Å²) in [4.78, 5) is 2.35. The van der Waals surface area contributed by atoms with Crippen LogP contribution in [-0.2, 0) is 0 Å². The molecule has 1 aromatic carbocycles. The topological polar surface area (TPSA) is 33.7 Å². The van der Waals surface area contributed by atoms with Crippen molar-refractivity contribution in [3.05, 3.63) is 24.3 Å². The quantitative estimate of drug-likeness (QED) is 0.911. The summed E-state index contributed by atoms with van der Waals surface area (Å²) in [5.74, 6) is 1.73. The molecule has 2 atom stereocenters. The van der Waals surface area contributed by atoms with Crippen LogP contribution in [0.2, 0.25) is 0 Å². The van der Waals surface area contributed by atoms with Gasteiger partial charge in [0, 0.05) is 19.1 Å². The lowest BCUT2D eigenvalue weighted by Crippen LogP contribution is -2.46. The molecule has 0 spiro atoms. The predicted octanol–water partition coefficient (Wildman–Crippen LogP) is 1.90. The molecule has 0 saturated carbocycles. The van der Waals surface area contributed by atoms with E-state index in [1.54, 1.807) is 0 Å². The first-order valence-electron chi connectivity index (χ1n) is 7.61. The smallest absolute Gasteiger partial charge is 0.161 e. The maximum atomic E-state index is 6.00. The highest BCUT2D eigenvalue weighted by atomic mass is 16.6. The molecule has 0 bridgehead atoms. The van der Waals surface area contributed by atoms with Crippen molar-refractivity contribution in [2.45, 2.75) is 31.4 Å². The Morgan fingerprint density at radius 1 is 1.20 bits per heavy atom. The standard InChI is InChI=1S/C16H24N2O2/c1-18(10-13-6-4-5-9-17-13)11-14-12-19-15-7-2-3-8-16(15)20-14/h2-3,7-8,13-14,17H,4-6,9-12H2,1H3. The number of nitrogens with zero attached hydrogens (tertiary/aromatic N) is 1. The number of benzene rings is 1. The third-order valence-electron chi connectivity index (χ3n) is 4.03. The second-order valence-corrected chi connectivity index (χ2v) is 5.87. The average molecular weight is 276 g/mol. The van der Waals surface area contributed by atoms with Crippen molar-refractivity contribution in [3.8, 4) is 11.5 Å². The van der Waals surface area contributed by atoms with Gasteiger partial charge >= 0.3 is 0 Å². The van der Waals surface area contributed by atoms with Crippen molar-refractivity contribution in [1.29, 1.82) is 0 Å². The predicted molar refractivity (Wildman–Crippen MR) is 79.5 cm³/mol. The summed E-state index contributed by atoms with van der Waals surface area (Å²) in [5.41, 5.74) is 0. The van der Waals surface area contributed by atoms with Crippen molar-refractivity contribution in [2.75, 3.05) is 33.3 Å². The van der Waals surface area contributed by atoms with Crippen LogP contribution in [-0.4, -0.2) is 50.3 Å². The summed E-state index contributed by atoms with van der Waals surface area (Å²) >= 11 is 0. The average Bonchev–Trinajstić information content (AvgIpc) is 2.48. The van der Waals surface area contributed by atoms with Gasteiger partial charge in [-0.1, -0.05) is 18.6 Å². The van der Waals surface area contributed by atoms with E-state index in [9.17, 15) is 0 Å². The lowest BCUT2D eigenvalue weighted by Gasteiger charge is -2.32. The lowest BCUT2D eigenvalue weighted by atomic mass is 10.0. The van der Waals surface area contributed by atoms with Gasteiger partial charge in [-0.25, -0.2) is 0 Å². The zero-order valence-electron chi connectivity index (χ0n) is 12.2. The number of para-hydroxylation sites is 2. The highest BCUT2D eigenvalue weighted by molar-refractivity contribution is 5.40. The van der Waals surface area contributed by atoms with Gasteiger partial charge in [0.25, 0.3) is 0 Å². The maximum Gasteiger partial charge on any atom is 0.161 e. The summed E-state index contributed by atoms with van der Waals surface area (Å²) in [6.45, 7) is 3.79. The first kappa shape index (κ1) is 13.7. The number of likely N-dealkylation sites (N-methyl/N-ethyl adjacent to an activating group) is 1. The molecular weight excluding hydrogens is 252 g/mol. The summed E-state index contributed by atoms with van der Waals surface area (Å²) < 4.78 is 11.8. The molecule has 1 saturated heterocycles. The summed E-state index contributed by atoms with van der Waals surface area (Å²) in [5, 5.41) is 3.59. The van der Waals surface area contributed by atoms with E-state index in [0.717, 1.165) is 31.1 Å². The first-order chi connectivity index (χ1) is 9.81. The second kappa shape index (κ2) is 6.46. The number of ether oxygens (including phenoxy) is 2. The highest BCUT2D eigenvalue weighted by Gasteiger charge is 2.23. The molecule has 110 valence electrons. The van der Waals surface area contributed by atoms with Crippen LogP contribution in [0.1, 0.15) is 19.3 Å². The third kappa shape index (κ3) is 3.44. The molecule has 4 heteroatoms. The Morgan fingerprint density at radius 3 is 2.85 bits per heavy atom. The van der Waals surface area contributed by atoms with Gasteiger partial charge in [-0.2, -0.15) is 0 Å². The molecule has 20 heavy (non-hydrogen) atoms. The maximum absolute atomic E-state index is 6.00. The fraction of sp³-hybridized carbons (Fsp3) is 0.625. The Labute approximate surface area is 121 Å². The summed E-state index contributed by atoms with van der Waals surface area (Å²) in [6, 6.07) is 8.53. The van der Waals surface area contributed by atoms with Crippen LogP contribution < -0.4 is 14.8 Å². The van der Waals surface area contributed by atoms with Gasteiger partial charge in [0.05, 0.1) is 0 Å². The Balaban J connectivity index is 1.48. The molecule has 0 aliphatic carbocycles. The van der Waals surface area contributed by atoms with Crippen molar-refractivity contribution < 1.29 is 9.47 Å². The molecule has 1 aromatic rings. The molecule has 0 radical (unpaired) electrons. The van der Waals surface area contributed by atoms with Crippen LogP contribution in [0.25, 0.3) is 0 Å². The normalized spacial score (nSPS) is 25.7. The number of hydrogen-bond acceptors (Lipinski definition) is 4. The Kier molecular flexibility index (Phi) is 4.43. The molecule has 3 rings (SSSR count). The molecule has 4 nitrogen and oxygen atoms in total. The van der Waals surface area contributed by atoms with Gasteiger partial charge in [0.15, 0.2) is 11.5 Å². The van der Waals surface area contributed by atoms with Crippen molar-refractivity contribution in [2.24, 2.45) is 0 Å². The molecule has 0 aromatic heterocycles. The van der Waals surface area contributed by atoms with E-state index in [0.29, 0.717) is 12.6 Å². The van der Waals surface area contributed by atoms with Crippen LogP contribution in [0.15, 0.2) is 24.3 Å². The Hall–Kier alpha value is -1.26. The van der Waals surface area contributed by atoms with E-state index in [4.69, 9.17) is 9.47 Å². The zero-order valence-corrected chi connectivity index (χ0v) is 12.2. The number of hydrogen-bond donors (Lipinski definition) is 1. The molecular formula is C16H24N2O2. The van der Waals surface area contributed by atoms with Gasteiger partial charge in [-0.05, 0) is 38.6 Å². The van der Waals surface area contributed by atoms with Crippen LogP contribution in [0, 0.1) is 0 Å². The van der Waals surface area contributed by atoms with Crippen LogP contribution >= 0.6 is 0 Å². The summed E-state index contributed by atoms with van der Waals surface area (Å²) in [7, 11) is 2.17. The Morgan fingerprint density at radius 2 is 2.05 bits per heavy atom. The van der Waals surface area contributed by atoms with Crippen molar-refractivity contribution in [3.63, 3.8) is 0 Å². The van der Waals surface area contributed by atoms with E-state index >= 15 is 0 Å². The molecule has 2 heterocycles. The lowest BCUT2D eigenvalue weighted by molar-refractivity contribution is 0.0624. The zero-order chi connectivity index (χ0) is 13.8. The van der Waals surface area contributed by atoms with Crippen LogP contribution in [0.5, 0.6) is 11.5 Å². The minimum absolute atomic E-state index is 0.124. The third-order valence-corrected chi connectivity index (χ3v) is 4.03. The molecule has 2 aliphatic heterocycles. The van der Waals surface area contributed by atoms with Crippen molar-refractivity contribution in [1.82, 2.24) is 10.2 Å². The number of nitrogens with one attached hydrogen (secondary N) is 1. The van der Waals surface area contributed by atoms with E-state index in [1.165, 1.54) is 19.3 Å². The Bertz CT molecular complexity index is 432. The van der Waals surface area contributed by atoms with Gasteiger partial charge in [-0.3, -0.25) is 0 Å². The van der Waals surface area contributed by atoms with Gasteiger partial charge in [0.1, 0.15) is 12.7 Å². The van der Waals surface area contributed by atoms with E-state index < -0.39 is 0 Å². The first-order valence-corrected chi connectivity index (χ1v) is 7.61. The number of fused-ring (bicyclic) bond motifs is 1. The molecule has 0 amide bonds. The van der Waals surface area contributed by atoms with E-state index in [1.807, 2.05) is 24.3 Å². The van der Waals surface area contributed by atoms with Gasteiger partial charge in [0.2, 0.25) is 0 Å². The number of piperidine rings is 1. The van der Waals surface area contributed by atoms with Crippen LogP contribution in [0.4, 0.5) is 0 Å². The second-order valence-electron chi connectivity index (χ2n) is 5.87. The molecule has 1 N–H and O–H groups in total. The van der Waals surface area contributed by atoms with E-state index in [-0.39, 0.29) is 6.10 Å². The van der Waals surface area contributed by atoms with Gasteiger partial charge in [-0.15, -0.1) is 0 Å². The van der Waals surface area contributed by atoms with E-state index in [2.05, 4.69) is 17.3 Å². The fourth-order valence-electron chi connectivity index (χ4n) is 3.03. The minimum Gasteiger partial charge on any atom is -0.486 e. The van der Waals surface area contributed by atoms with Crippen LogP contribution in [0.3, 0.4) is 0 Å². The highest BCUT2D eigenvalue weighted by Crippen LogP contribution is 2.30. The molecule has 2 unspecified atom stereocenters. The van der Waals surface area contributed by atoms with Crippen molar-refractivity contribution >= 4 is 0 Å². The SMILES string of the molecule is CN(CC1CCCCN1)CC1COc2ccccc2O1. The largest absolute Gasteiger partial charge is 0.486 e. The minimum atomic E-state index is 0.124.